The van der Waals surface area contributed by atoms with Crippen LogP contribution in [0.1, 0.15) is 39.0 Å². The van der Waals surface area contributed by atoms with Gasteiger partial charge < -0.3 is 10.2 Å². The second kappa shape index (κ2) is 4.97. The Morgan fingerprint density at radius 3 is 2.93 bits per heavy atom. The highest BCUT2D eigenvalue weighted by molar-refractivity contribution is 5.77. The Bertz CT molecular complexity index is 224. The average Bonchev–Trinajstić information content (AvgIpc) is 2.24. The molecular weight excluding hydrogens is 188 g/mol. The standard InChI is InChI=1S/C12H22N2O/c1-10-5-7-14(12(15)8-10)9-11-4-2-3-6-13-11/h10-11,13H,2-9H2,1H3. The van der Waals surface area contributed by atoms with E-state index in [1.54, 1.807) is 0 Å². The van der Waals surface area contributed by atoms with Crippen LogP contribution in [-0.4, -0.2) is 36.5 Å². The van der Waals surface area contributed by atoms with Crippen molar-refractivity contribution < 1.29 is 4.79 Å². The first kappa shape index (κ1) is 10.9. The summed E-state index contributed by atoms with van der Waals surface area (Å²) < 4.78 is 0. The molecule has 0 aliphatic carbocycles. The molecule has 0 saturated carbocycles. The highest BCUT2D eigenvalue weighted by Gasteiger charge is 2.25. The van der Waals surface area contributed by atoms with Crippen molar-refractivity contribution in [2.24, 2.45) is 5.92 Å². The van der Waals surface area contributed by atoms with E-state index in [1.165, 1.54) is 25.7 Å². The molecule has 0 radical (unpaired) electrons. The van der Waals surface area contributed by atoms with Crippen LogP contribution in [0, 0.1) is 5.92 Å². The predicted molar refractivity (Wildman–Crippen MR) is 60.6 cm³/mol. The van der Waals surface area contributed by atoms with Gasteiger partial charge >= 0.3 is 0 Å². The predicted octanol–water partition coefficient (Wildman–Crippen LogP) is 1.39. The van der Waals surface area contributed by atoms with Crippen molar-refractivity contribution in [3.63, 3.8) is 0 Å². The molecule has 2 fully saturated rings. The van der Waals surface area contributed by atoms with Crippen molar-refractivity contribution >= 4 is 5.91 Å². The van der Waals surface area contributed by atoms with Crippen LogP contribution in [0.2, 0.25) is 0 Å². The second-order valence-electron chi connectivity index (χ2n) is 5.08. The molecule has 0 aromatic rings. The molecule has 86 valence electrons. The molecule has 2 aliphatic rings. The summed E-state index contributed by atoms with van der Waals surface area (Å²) in [6.45, 7) is 5.21. The first-order chi connectivity index (χ1) is 7.25. The van der Waals surface area contributed by atoms with Gasteiger partial charge in [-0.25, -0.2) is 0 Å². The van der Waals surface area contributed by atoms with Gasteiger partial charge in [-0.3, -0.25) is 4.79 Å². The van der Waals surface area contributed by atoms with Gasteiger partial charge in [0, 0.05) is 25.6 Å². The van der Waals surface area contributed by atoms with Crippen molar-refractivity contribution in [1.29, 1.82) is 0 Å². The summed E-state index contributed by atoms with van der Waals surface area (Å²) in [5.41, 5.74) is 0. The molecule has 15 heavy (non-hydrogen) atoms. The van der Waals surface area contributed by atoms with E-state index < -0.39 is 0 Å². The van der Waals surface area contributed by atoms with Crippen LogP contribution in [0.3, 0.4) is 0 Å². The molecule has 0 bridgehead atoms. The number of likely N-dealkylation sites (tertiary alicyclic amines) is 1. The summed E-state index contributed by atoms with van der Waals surface area (Å²) >= 11 is 0. The van der Waals surface area contributed by atoms with Gasteiger partial charge in [0.1, 0.15) is 0 Å². The van der Waals surface area contributed by atoms with E-state index in [0.717, 1.165) is 26.1 Å². The Morgan fingerprint density at radius 2 is 2.27 bits per heavy atom. The van der Waals surface area contributed by atoms with Crippen LogP contribution in [-0.2, 0) is 4.79 Å². The van der Waals surface area contributed by atoms with E-state index >= 15 is 0 Å². The Hall–Kier alpha value is -0.570. The van der Waals surface area contributed by atoms with Crippen molar-refractivity contribution in [2.45, 2.75) is 45.1 Å². The molecule has 0 aromatic heterocycles. The van der Waals surface area contributed by atoms with Gasteiger partial charge in [-0.2, -0.15) is 0 Å². The van der Waals surface area contributed by atoms with Crippen LogP contribution in [0.5, 0.6) is 0 Å². The van der Waals surface area contributed by atoms with Gasteiger partial charge in [0.15, 0.2) is 0 Å². The number of hydrogen-bond acceptors (Lipinski definition) is 2. The molecular formula is C12H22N2O. The zero-order chi connectivity index (χ0) is 10.7. The lowest BCUT2D eigenvalue weighted by molar-refractivity contribution is -0.135. The summed E-state index contributed by atoms with van der Waals surface area (Å²) in [5, 5.41) is 3.50. The Labute approximate surface area is 92.2 Å². The molecule has 2 atom stereocenters. The molecule has 2 aliphatic heterocycles. The molecule has 3 heteroatoms. The van der Waals surface area contributed by atoms with Crippen LogP contribution < -0.4 is 5.32 Å². The molecule has 0 spiro atoms. The minimum absolute atomic E-state index is 0.362. The smallest absolute Gasteiger partial charge is 0.222 e. The van der Waals surface area contributed by atoms with Gasteiger partial charge in [-0.15, -0.1) is 0 Å². The van der Waals surface area contributed by atoms with E-state index in [-0.39, 0.29) is 0 Å². The number of piperidine rings is 2. The molecule has 0 aromatic carbocycles. The van der Waals surface area contributed by atoms with Crippen LogP contribution in [0.25, 0.3) is 0 Å². The van der Waals surface area contributed by atoms with Crippen molar-refractivity contribution in [3.8, 4) is 0 Å². The van der Waals surface area contributed by atoms with Crippen LogP contribution in [0.15, 0.2) is 0 Å². The summed E-state index contributed by atoms with van der Waals surface area (Å²) in [6, 6.07) is 0.552. The van der Waals surface area contributed by atoms with Crippen molar-refractivity contribution in [1.82, 2.24) is 10.2 Å². The van der Waals surface area contributed by atoms with E-state index in [1.807, 2.05) is 0 Å². The van der Waals surface area contributed by atoms with E-state index in [9.17, 15) is 4.79 Å². The molecule has 3 nitrogen and oxygen atoms in total. The fourth-order valence-corrected chi connectivity index (χ4v) is 2.57. The first-order valence-electron chi connectivity index (χ1n) is 6.27. The number of rotatable bonds is 2. The summed E-state index contributed by atoms with van der Waals surface area (Å²) in [4.78, 5) is 13.8. The van der Waals surface area contributed by atoms with Gasteiger partial charge in [-0.05, 0) is 31.7 Å². The molecule has 2 heterocycles. The number of carbonyl (C=O) groups is 1. The maximum absolute atomic E-state index is 11.8. The number of nitrogens with zero attached hydrogens (tertiary/aromatic N) is 1. The number of carbonyl (C=O) groups excluding carboxylic acids is 1. The number of hydrogen-bond donors (Lipinski definition) is 1. The molecule has 1 amide bonds. The topological polar surface area (TPSA) is 32.3 Å². The SMILES string of the molecule is CC1CCN(CC2CCCCN2)C(=O)C1. The largest absolute Gasteiger partial charge is 0.341 e. The molecule has 1 N–H and O–H groups in total. The molecule has 2 unspecified atom stereocenters. The van der Waals surface area contributed by atoms with Gasteiger partial charge in [0.2, 0.25) is 5.91 Å². The fourth-order valence-electron chi connectivity index (χ4n) is 2.57. The number of nitrogens with one attached hydrogen (secondary N) is 1. The summed E-state index contributed by atoms with van der Waals surface area (Å²) in [5.74, 6) is 0.953. The second-order valence-corrected chi connectivity index (χ2v) is 5.08. The molecule has 2 saturated heterocycles. The lowest BCUT2D eigenvalue weighted by Gasteiger charge is -2.34. The lowest BCUT2D eigenvalue weighted by atomic mass is 9.97. The normalized spacial score (nSPS) is 33.1. The van der Waals surface area contributed by atoms with Gasteiger partial charge in [0.25, 0.3) is 0 Å². The third-order valence-corrected chi connectivity index (χ3v) is 3.62. The zero-order valence-corrected chi connectivity index (χ0v) is 9.67. The van der Waals surface area contributed by atoms with Gasteiger partial charge in [0.05, 0.1) is 0 Å². The highest BCUT2D eigenvalue weighted by atomic mass is 16.2. The van der Waals surface area contributed by atoms with E-state index in [0.29, 0.717) is 17.9 Å². The summed E-state index contributed by atoms with van der Waals surface area (Å²) in [7, 11) is 0. The monoisotopic (exact) mass is 210 g/mol. The Morgan fingerprint density at radius 1 is 1.40 bits per heavy atom. The van der Waals surface area contributed by atoms with E-state index in [2.05, 4.69) is 17.1 Å². The zero-order valence-electron chi connectivity index (χ0n) is 9.67. The average molecular weight is 210 g/mol. The van der Waals surface area contributed by atoms with Gasteiger partial charge in [-0.1, -0.05) is 13.3 Å². The lowest BCUT2D eigenvalue weighted by Crippen LogP contribution is -2.48. The quantitative estimate of drug-likeness (QED) is 0.747. The first-order valence-corrected chi connectivity index (χ1v) is 6.27. The molecule has 2 rings (SSSR count). The van der Waals surface area contributed by atoms with Crippen LogP contribution in [0.4, 0.5) is 0 Å². The summed E-state index contributed by atoms with van der Waals surface area (Å²) in [6.07, 6.45) is 5.78. The van der Waals surface area contributed by atoms with E-state index in [4.69, 9.17) is 0 Å². The highest BCUT2D eigenvalue weighted by Crippen LogP contribution is 2.18. The van der Waals surface area contributed by atoms with Crippen molar-refractivity contribution in [2.75, 3.05) is 19.6 Å². The Kier molecular flexibility index (Phi) is 3.62. The Balaban J connectivity index is 1.80. The minimum atomic E-state index is 0.362. The van der Waals surface area contributed by atoms with Crippen LogP contribution >= 0.6 is 0 Å². The minimum Gasteiger partial charge on any atom is -0.341 e. The van der Waals surface area contributed by atoms with Crippen molar-refractivity contribution in [3.05, 3.63) is 0 Å². The third-order valence-electron chi connectivity index (χ3n) is 3.62. The maximum Gasteiger partial charge on any atom is 0.222 e. The maximum atomic E-state index is 11.8. The fraction of sp³-hybridized carbons (Fsp3) is 0.917. The number of amides is 1. The third kappa shape index (κ3) is 2.94.